The SMILES string of the molecule is Ic1nnnc(-c2nnc(-c3nnnnn3)nn2)n1. The average molecular weight is 369 g/mol. The van der Waals surface area contributed by atoms with E-state index in [1.807, 2.05) is 22.6 Å². The summed E-state index contributed by atoms with van der Waals surface area (Å²) in [6.45, 7) is 0. The second-order valence-corrected chi connectivity index (χ2v) is 3.80. The average Bonchev–Trinajstić information content (AvgIpc) is 2.48. The molecule has 0 unspecified atom stereocenters. The Bertz CT molecular complexity index is 685. The van der Waals surface area contributed by atoms with Crippen LogP contribution in [-0.4, -0.2) is 66.6 Å². The van der Waals surface area contributed by atoms with Gasteiger partial charge in [-0.2, -0.15) is 4.98 Å². The summed E-state index contributed by atoms with van der Waals surface area (Å²) in [7, 11) is 0. The van der Waals surface area contributed by atoms with E-state index in [1.54, 1.807) is 0 Å². The molecule has 0 amide bonds. The molecule has 0 fully saturated rings. The Morgan fingerprint density at radius 3 is 1.63 bits per heavy atom. The third kappa shape index (κ3) is 2.51. The summed E-state index contributed by atoms with van der Waals surface area (Å²) in [5.74, 6) is 0.386. The van der Waals surface area contributed by atoms with Crippen LogP contribution in [0.2, 0.25) is 0 Å². The minimum Gasteiger partial charge on any atom is -0.196 e. The molecule has 3 aromatic heterocycles. The molecule has 0 aromatic carbocycles. The van der Waals surface area contributed by atoms with Crippen LogP contribution in [0.5, 0.6) is 0 Å². The largest absolute Gasteiger partial charge is 0.248 e. The van der Waals surface area contributed by atoms with Gasteiger partial charge in [0.05, 0.1) is 0 Å². The first-order valence-electron chi connectivity index (χ1n) is 4.53. The maximum absolute atomic E-state index is 3.98. The first kappa shape index (κ1) is 11.6. The van der Waals surface area contributed by atoms with Gasteiger partial charge in [-0.25, -0.2) is 0 Å². The van der Waals surface area contributed by atoms with Gasteiger partial charge in [0.2, 0.25) is 27.1 Å². The molecule has 92 valence electrons. The highest BCUT2D eigenvalue weighted by atomic mass is 127. The summed E-state index contributed by atoms with van der Waals surface area (Å²) < 4.78 is 0.404. The number of aromatic nitrogens is 13. The monoisotopic (exact) mass is 369 g/mol. The molecule has 19 heavy (non-hydrogen) atoms. The van der Waals surface area contributed by atoms with E-state index >= 15 is 0 Å². The quantitative estimate of drug-likeness (QED) is 0.445. The van der Waals surface area contributed by atoms with Crippen LogP contribution < -0.4 is 0 Å². The maximum atomic E-state index is 3.98. The van der Waals surface area contributed by atoms with Crippen LogP contribution in [0.25, 0.3) is 23.3 Å². The predicted octanol–water partition coefficient (Wildman–Crippen LogP) is -2.24. The van der Waals surface area contributed by atoms with Crippen molar-refractivity contribution in [3.63, 3.8) is 0 Å². The topological polar surface area (TPSA) is 168 Å². The molecule has 3 heterocycles. The third-order valence-electron chi connectivity index (χ3n) is 1.70. The molecular formula is C5IN13. The molecule has 3 rings (SSSR count). The molecule has 0 aliphatic rings. The molecule has 0 saturated heterocycles. The molecule has 0 aliphatic heterocycles. The summed E-state index contributed by atoms with van der Waals surface area (Å²) in [6, 6.07) is 0. The Morgan fingerprint density at radius 2 is 1.00 bits per heavy atom. The van der Waals surface area contributed by atoms with Crippen LogP contribution in [0.3, 0.4) is 0 Å². The Morgan fingerprint density at radius 1 is 0.474 bits per heavy atom. The number of hydrogen-bond donors (Lipinski definition) is 0. The summed E-state index contributed by atoms with van der Waals surface area (Å²) in [5.41, 5.74) is 0. The molecule has 0 radical (unpaired) electrons. The molecule has 0 bridgehead atoms. The number of rotatable bonds is 2. The minimum atomic E-state index is 0.0582. The maximum Gasteiger partial charge on any atom is 0.248 e. The summed E-state index contributed by atoms with van der Waals surface area (Å²) in [5, 5.41) is 42.8. The van der Waals surface area contributed by atoms with Crippen LogP contribution in [0.15, 0.2) is 0 Å². The van der Waals surface area contributed by atoms with Gasteiger partial charge < -0.3 is 0 Å². The molecule has 0 aliphatic carbocycles. The highest BCUT2D eigenvalue weighted by Gasteiger charge is 2.12. The van der Waals surface area contributed by atoms with Gasteiger partial charge in [-0.15, -0.1) is 40.8 Å². The molecule has 0 saturated carbocycles. The number of nitrogens with zero attached hydrogens (tertiary/aromatic N) is 13. The van der Waals surface area contributed by atoms with Crippen molar-refractivity contribution in [2.24, 2.45) is 0 Å². The van der Waals surface area contributed by atoms with Crippen molar-refractivity contribution in [3.8, 4) is 23.3 Å². The van der Waals surface area contributed by atoms with Crippen LogP contribution in [0, 0.1) is 3.83 Å². The van der Waals surface area contributed by atoms with Crippen molar-refractivity contribution in [2.45, 2.75) is 0 Å². The van der Waals surface area contributed by atoms with Crippen LogP contribution in [0.4, 0.5) is 0 Å². The fourth-order valence-corrected chi connectivity index (χ4v) is 1.31. The van der Waals surface area contributed by atoms with Crippen molar-refractivity contribution < 1.29 is 0 Å². The van der Waals surface area contributed by atoms with Gasteiger partial charge in [0.15, 0.2) is 0 Å². The third-order valence-corrected chi connectivity index (χ3v) is 2.16. The lowest BCUT2D eigenvalue weighted by molar-refractivity contribution is 0.677. The second kappa shape index (κ2) is 5.00. The van der Waals surface area contributed by atoms with Gasteiger partial charge in [0, 0.05) is 22.6 Å². The first-order chi connectivity index (χ1) is 9.33. The van der Waals surface area contributed by atoms with E-state index in [4.69, 9.17) is 0 Å². The van der Waals surface area contributed by atoms with Crippen LogP contribution >= 0.6 is 22.6 Å². The van der Waals surface area contributed by atoms with Crippen LogP contribution in [-0.2, 0) is 0 Å². The van der Waals surface area contributed by atoms with E-state index in [0.29, 0.717) is 3.83 Å². The molecule has 13 nitrogen and oxygen atoms in total. The van der Waals surface area contributed by atoms with Gasteiger partial charge in [-0.3, -0.25) is 0 Å². The number of hydrogen-bond acceptors (Lipinski definition) is 13. The van der Waals surface area contributed by atoms with E-state index in [9.17, 15) is 0 Å². The Balaban J connectivity index is 1.95. The Labute approximate surface area is 116 Å². The Hall–Kier alpha value is -2.52. The van der Waals surface area contributed by atoms with E-state index in [-0.39, 0.29) is 23.3 Å². The van der Waals surface area contributed by atoms with Crippen molar-refractivity contribution in [2.75, 3.05) is 0 Å². The van der Waals surface area contributed by atoms with Crippen molar-refractivity contribution >= 4 is 22.6 Å². The van der Waals surface area contributed by atoms with Crippen molar-refractivity contribution in [3.05, 3.63) is 3.83 Å². The lowest BCUT2D eigenvalue weighted by atomic mass is 10.5. The summed E-state index contributed by atoms with van der Waals surface area (Å²) in [6.07, 6.45) is 0. The first-order valence-corrected chi connectivity index (χ1v) is 5.60. The molecule has 14 heteroatoms. The summed E-state index contributed by atoms with van der Waals surface area (Å²) >= 11 is 1.88. The van der Waals surface area contributed by atoms with Gasteiger partial charge in [-0.1, -0.05) is 0 Å². The molecule has 0 atom stereocenters. The van der Waals surface area contributed by atoms with Gasteiger partial charge in [-0.05, 0) is 20.9 Å². The van der Waals surface area contributed by atoms with E-state index < -0.39 is 0 Å². The standard InChI is InChI=1S/C5IN13/c6-5-7-1(12-16-15-5)2-8-10-3(11-9-2)4-13-17-19-18-14-4. The van der Waals surface area contributed by atoms with E-state index in [2.05, 4.69) is 66.6 Å². The van der Waals surface area contributed by atoms with Gasteiger partial charge in [0.25, 0.3) is 0 Å². The van der Waals surface area contributed by atoms with Crippen LogP contribution in [0.1, 0.15) is 0 Å². The van der Waals surface area contributed by atoms with Gasteiger partial charge >= 0.3 is 0 Å². The zero-order chi connectivity index (χ0) is 13.1. The Kier molecular flexibility index (Phi) is 3.04. The molecule has 3 aromatic rings. The smallest absolute Gasteiger partial charge is 0.196 e. The lowest BCUT2D eigenvalue weighted by Crippen LogP contribution is -2.07. The fraction of sp³-hybridized carbons (Fsp3) is 0. The zero-order valence-electron chi connectivity index (χ0n) is 8.69. The molecular weight excluding hydrogens is 369 g/mol. The van der Waals surface area contributed by atoms with E-state index in [1.165, 1.54) is 0 Å². The zero-order valence-corrected chi connectivity index (χ0v) is 10.8. The summed E-state index contributed by atoms with van der Waals surface area (Å²) in [4.78, 5) is 3.98. The van der Waals surface area contributed by atoms with Crippen molar-refractivity contribution in [1.82, 2.24) is 66.6 Å². The second-order valence-electron chi connectivity index (χ2n) is 2.83. The normalized spacial score (nSPS) is 10.4. The minimum absolute atomic E-state index is 0.0582. The molecule has 0 N–H and O–H groups in total. The number of halogens is 1. The fourth-order valence-electron chi connectivity index (χ4n) is 0.989. The predicted molar refractivity (Wildman–Crippen MR) is 61.4 cm³/mol. The van der Waals surface area contributed by atoms with Gasteiger partial charge in [0.1, 0.15) is 0 Å². The lowest BCUT2D eigenvalue weighted by Gasteiger charge is -1.96. The van der Waals surface area contributed by atoms with Crippen molar-refractivity contribution in [1.29, 1.82) is 0 Å². The van der Waals surface area contributed by atoms with E-state index in [0.717, 1.165) is 0 Å². The highest BCUT2D eigenvalue weighted by Crippen LogP contribution is 2.07. The highest BCUT2D eigenvalue weighted by molar-refractivity contribution is 14.1. The molecule has 0 spiro atoms.